The second-order valence-electron chi connectivity index (χ2n) is 8.00. The number of nitrogens with zero attached hydrogens (tertiary/aromatic N) is 3. The van der Waals surface area contributed by atoms with Crippen LogP contribution in [0.2, 0.25) is 5.02 Å². The normalized spacial score (nSPS) is 12.4. The molecule has 0 spiro atoms. The van der Waals surface area contributed by atoms with Gasteiger partial charge in [0.1, 0.15) is 23.3 Å². The average molecular weight is 520 g/mol. The van der Waals surface area contributed by atoms with E-state index in [0.717, 1.165) is 17.6 Å². The van der Waals surface area contributed by atoms with E-state index >= 15 is 0 Å². The van der Waals surface area contributed by atoms with Crippen LogP contribution in [0.1, 0.15) is 18.9 Å². The van der Waals surface area contributed by atoms with Crippen LogP contribution in [0.5, 0.6) is 11.5 Å². The number of fused-ring (bicyclic) bond motifs is 1. The molecule has 4 rings (SSSR count). The molecular formula is C24H21ClF3N5O3. The predicted octanol–water partition coefficient (Wildman–Crippen LogP) is 6.69. The van der Waals surface area contributed by atoms with Crippen molar-refractivity contribution in [2.75, 3.05) is 5.32 Å². The first kappa shape index (κ1) is 25.1. The van der Waals surface area contributed by atoms with Gasteiger partial charge in [-0.25, -0.2) is 14.8 Å². The third-order valence-electron chi connectivity index (χ3n) is 5.31. The summed E-state index contributed by atoms with van der Waals surface area (Å²) in [5.41, 5.74) is 1.17. The molecular weight excluding hydrogens is 499 g/mol. The Hall–Kier alpha value is -3.99. The zero-order chi connectivity index (χ0) is 25.9. The fourth-order valence-electron chi connectivity index (χ4n) is 3.59. The van der Waals surface area contributed by atoms with Crippen molar-refractivity contribution in [2.24, 2.45) is 0 Å². The zero-order valence-electron chi connectivity index (χ0n) is 18.9. The van der Waals surface area contributed by atoms with E-state index in [9.17, 15) is 18.0 Å². The maximum absolute atomic E-state index is 13.0. The number of benzene rings is 2. The number of aromatic nitrogens is 3. The van der Waals surface area contributed by atoms with Gasteiger partial charge >= 0.3 is 12.3 Å². The number of rotatable bonds is 8. The molecule has 4 aromatic rings. The Morgan fingerprint density at radius 3 is 2.72 bits per heavy atom. The number of nitrogens with one attached hydrogen (secondary N) is 2. The van der Waals surface area contributed by atoms with E-state index < -0.39 is 17.8 Å². The van der Waals surface area contributed by atoms with Gasteiger partial charge in [0.2, 0.25) is 0 Å². The largest absolute Gasteiger partial charge is 0.465 e. The molecule has 188 valence electrons. The lowest BCUT2D eigenvalue weighted by Gasteiger charge is -2.15. The summed E-state index contributed by atoms with van der Waals surface area (Å²) in [4.78, 5) is 19.4. The number of alkyl halides is 3. The number of halogens is 4. The Morgan fingerprint density at radius 1 is 1.19 bits per heavy atom. The summed E-state index contributed by atoms with van der Waals surface area (Å²) in [7, 11) is 0. The summed E-state index contributed by atoms with van der Waals surface area (Å²) in [6.45, 7) is 2.30. The molecule has 2 heterocycles. The van der Waals surface area contributed by atoms with Crippen LogP contribution < -0.4 is 15.4 Å². The van der Waals surface area contributed by atoms with E-state index in [0.29, 0.717) is 30.0 Å². The van der Waals surface area contributed by atoms with Crippen LogP contribution in [0, 0.1) is 0 Å². The van der Waals surface area contributed by atoms with Crippen LogP contribution in [-0.2, 0) is 12.7 Å². The molecule has 3 N–H and O–H groups in total. The van der Waals surface area contributed by atoms with Crippen LogP contribution in [0.25, 0.3) is 11.0 Å². The number of hydrogen-bond donors (Lipinski definition) is 3. The molecule has 2 aromatic carbocycles. The molecule has 8 nitrogen and oxygen atoms in total. The molecule has 1 unspecified atom stereocenters. The van der Waals surface area contributed by atoms with E-state index in [1.54, 1.807) is 25.1 Å². The third-order valence-corrected chi connectivity index (χ3v) is 5.60. The van der Waals surface area contributed by atoms with E-state index in [-0.39, 0.29) is 22.6 Å². The summed E-state index contributed by atoms with van der Waals surface area (Å²) in [5, 5.41) is 14.7. The lowest BCUT2D eigenvalue weighted by atomic mass is 10.2. The van der Waals surface area contributed by atoms with Gasteiger partial charge in [0.15, 0.2) is 5.82 Å². The fraction of sp³-hybridized carbons (Fsp3) is 0.208. The predicted molar refractivity (Wildman–Crippen MR) is 129 cm³/mol. The molecule has 0 radical (unpaired) electrons. The third kappa shape index (κ3) is 5.98. The van der Waals surface area contributed by atoms with Crippen LogP contribution >= 0.6 is 11.6 Å². The summed E-state index contributed by atoms with van der Waals surface area (Å²) >= 11 is 6.35. The Kier molecular flexibility index (Phi) is 7.20. The van der Waals surface area contributed by atoms with Crippen LogP contribution in [0.15, 0.2) is 61.1 Å². The van der Waals surface area contributed by atoms with Crippen LogP contribution in [0.4, 0.5) is 29.5 Å². The molecule has 0 saturated carbocycles. The number of amides is 1. The molecule has 0 aliphatic heterocycles. The lowest BCUT2D eigenvalue weighted by Crippen LogP contribution is -2.31. The molecule has 0 saturated heterocycles. The van der Waals surface area contributed by atoms with Gasteiger partial charge in [-0.2, -0.15) is 13.2 Å². The first-order valence-electron chi connectivity index (χ1n) is 10.8. The monoisotopic (exact) mass is 519 g/mol. The number of hydrogen-bond acceptors (Lipinski definition) is 5. The molecule has 0 bridgehead atoms. The minimum atomic E-state index is -4.48. The van der Waals surface area contributed by atoms with Gasteiger partial charge in [-0.3, -0.25) is 0 Å². The van der Waals surface area contributed by atoms with Crippen molar-refractivity contribution in [3.05, 3.63) is 71.6 Å². The number of anilines is 2. The first-order valence-corrected chi connectivity index (χ1v) is 11.2. The van der Waals surface area contributed by atoms with E-state index in [1.165, 1.54) is 18.5 Å². The van der Waals surface area contributed by atoms with Gasteiger partial charge in [-0.15, -0.1) is 0 Å². The van der Waals surface area contributed by atoms with Crippen molar-refractivity contribution in [2.45, 2.75) is 32.1 Å². The highest BCUT2D eigenvalue weighted by Crippen LogP contribution is 2.36. The van der Waals surface area contributed by atoms with Gasteiger partial charge in [-0.05, 0) is 55.8 Å². The average Bonchev–Trinajstić information content (AvgIpc) is 3.23. The van der Waals surface area contributed by atoms with Gasteiger partial charge in [0, 0.05) is 24.5 Å². The molecule has 0 aliphatic carbocycles. The Labute approximate surface area is 208 Å². The van der Waals surface area contributed by atoms with Crippen molar-refractivity contribution in [1.82, 2.24) is 19.9 Å². The second kappa shape index (κ2) is 10.3. The van der Waals surface area contributed by atoms with Crippen molar-refractivity contribution in [3.8, 4) is 11.5 Å². The highest BCUT2D eigenvalue weighted by molar-refractivity contribution is 6.32. The molecule has 0 aliphatic rings. The summed E-state index contributed by atoms with van der Waals surface area (Å²) < 4.78 is 46.4. The molecule has 36 heavy (non-hydrogen) atoms. The van der Waals surface area contributed by atoms with Gasteiger partial charge in [0.25, 0.3) is 0 Å². The van der Waals surface area contributed by atoms with Gasteiger partial charge in [0.05, 0.1) is 16.1 Å². The standard InChI is InChI=1S/C24H21ClF3N5O3/c1-14(31-23(34)35)7-9-33-10-8-19-21(33)22(30-13-29-19)32-16-5-6-20(18(25)12-16)36-17-4-2-3-15(11-17)24(26,27)28/h2-6,8,10-14,31H,7,9H2,1H3,(H,34,35)(H,29,30,32). The summed E-state index contributed by atoms with van der Waals surface area (Å²) in [5.74, 6) is 0.707. The lowest BCUT2D eigenvalue weighted by molar-refractivity contribution is -0.137. The quantitative estimate of drug-likeness (QED) is 0.240. The summed E-state index contributed by atoms with van der Waals surface area (Å²) in [6, 6.07) is 10.9. The van der Waals surface area contributed by atoms with Crippen molar-refractivity contribution in [3.63, 3.8) is 0 Å². The maximum Gasteiger partial charge on any atom is 0.416 e. The van der Waals surface area contributed by atoms with E-state index in [2.05, 4.69) is 20.6 Å². The molecule has 0 fully saturated rings. The Morgan fingerprint density at radius 2 is 2.00 bits per heavy atom. The maximum atomic E-state index is 13.0. The molecule has 1 atom stereocenters. The van der Waals surface area contributed by atoms with Crippen LogP contribution in [-0.4, -0.2) is 31.8 Å². The number of carboxylic acid groups (broad SMARTS) is 1. The number of ether oxygens (including phenoxy) is 1. The minimum Gasteiger partial charge on any atom is -0.465 e. The van der Waals surface area contributed by atoms with E-state index in [1.807, 2.05) is 16.8 Å². The Balaban J connectivity index is 1.52. The highest BCUT2D eigenvalue weighted by Gasteiger charge is 2.30. The summed E-state index contributed by atoms with van der Waals surface area (Å²) in [6.07, 6.45) is -1.75. The van der Waals surface area contributed by atoms with Crippen molar-refractivity contribution in [1.29, 1.82) is 0 Å². The molecule has 2 aromatic heterocycles. The topological polar surface area (TPSA) is 101 Å². The zero-order valence-corrected chi connectivity index (χ0v) is 19.6. The Bertz CT molecular complexity index is 1390. The number of aryl methyl sites for hydroxylation is 1. The fourth-order valence-corrected chi connectivity index (χ4v) is 3.81. The van der Waals surface area contributed by atoms with Crippen LogP contribution in [0.3, 0.4) is 0 Å². The van der Waals surface area contributed by atoms with Crippen molar-refractivity contribution < 1.29 is 27.8 Å². The second-order valence-corrected chi connectivity index (χ2v) is 8.41. The smallest absolute Gasteiger partial charge is 0.416 e. The minimum absolute atomic E-state index is 0.00869. The van der Waals surface area contributed by atoms with Crippen molar-refractivity contribution >= 4 is 40.2 Å². The molecule has 12 heteroatoms. The highest BCUT2D eigenvalue weighted by atomic mass is 35.5. The first-order chi connectivity index (χ1) is 17.1. The molecule has 1 amide bonds. The van der Waals surface area contributed by atoms with E-state index in [4.69, 9.17) is 21.4 Å². The SMILES string of the molecule is CC(CCn1ccc2ncnc(Nc3ccc(Oc4cccc(C(F)(F)F)c4)c(Cl)c3)c21)NC(=O)O. The number of carbonyl (C=O) groups is 1. The van der Waals surface area contributed by atoms with Gasteiger partial charge in [-0.1, -0.05) is 17.7 Å². The van der Waals surface area contributed by atoms with Gasteiger partial charge < -0.3 is 25.0 Å².